The first-order valence-corrected chi connectivity index (χ1v) is 6.09. The molecule has 92 valence electrons. The van der Waals surface area contributed by atoms with Crippen molar-refractivity contribution in [3.63, 3.8) is 0 Å². The van der Waals surface area contributed by atoms with E-state index in [0.29, 0.717) is 13.0 Å². The van der Waals surface area contributed by atoms with Gasteiger partial charge in [-0.3, -0.25) is 9.59 Å². The second-order valence-corrected chi connectivity index (χ2v) is 4.75. The minimum Gasteiger partial charge on any atom is -0.481 e. The SMILES string of the molecule is CC1CCC(C(=O)NCCCC(=O)O)CC1. The van der Waals surface area contributed by atoms with E-state index in [2.05, 4.69) is 12.2 Å². The molecule has 0 unspecified atom stereocenters. The number of rotatable bonds is 5. The zero-order chi connectivity index (χ0) is 12.0. The van der Waals surface area contributed by atoms with Crippen LogP contribution < -0.4 is 5.32 Å². The van der Waals surface area contributed by atoms with Gasteiger partial charge in [-0.1, -0.05) is 6.92 Å². The highest BCUT2D eigenvalue weighted by molar-refractivity contribution is 5.78. The summed E-state index contributed by atoms with van der Waals surface area (Å²) in [5, 5.41) is 11.3. The molecule has 2 N–H and O–H groups in total. The lowest BCUT2D eigenvalue weighted by molar-refractivity contribution is -0.137. The molecule has 1 aliphatic rings. The van der Waals surface area contributed by atoms with Crippen molar-refractivity contribution in [3.05, 3.63) is 0 Å². The molecule has 4 nitrogen and oxygen atoms in total. The maximum atomic E-state index is 11.7. The molecule has 0 heterocycles. The Balaban J connectivity index is 2.12. The fourth-order valence-corrected chi connectivity index (χ4v) is 2.12. The summed E-state index contributed by atoms with van der Waals surface area (Å²) < 4.78 is 0. The Hall–Kier alpha value is -1.06. The van der Waals surface area contributed by atoms with E-state index >= 15 is 0 Å². The van der Waals surface area contributed by atoms with Crippen LogP contribution >= 0.6 is 0 Å². The van der Waals surface area contributed by atoms with E-state index < -0.39 is 5.97 Å². The molecule has 0 aromatic rings. The number of carboxylic acid groups (broad SMARTS) is 1. The van der Waals surface area contributed by atoms with Crippen LogP contribution in [0.5, 0.6) is 0 Å². The van der Waals surface area contributed by atoms with Crippen LogP contribution in [0.15, 0.2) is 0 Å². The van der Waals surface area contributed by atoms with Crippen LogP contribution in [0.25, 0.3) is 0 Å². The average Bonchev–Trinajstić information content (AvgIpc) is 2.25. The molecular formula is C12H21NO3. The monoisotopic (exact) mass is 227 g/mol. The van der Waals surface area contributed by atoms with E-state index in [0.717, 1.165) is 31.6 Å². The number of aliphatic carboxylic acids is 1. The lowest BCUT2D eigenvalue weighted by Gasteiger charge is -2.25. The van der Waals surface area contributed by atoms with Crippen LogP contribution in [0, 0.1) is 11.8 Å². The molecule has 1 fully saturated rings. The molecule has 0 aliphatic heterocycles. The number of carbonyl (C=O) groups is 2. The summed E-state index contributed by atoms with van der Waals surface area (Å²) in [6.45, 7) is 2.71. The normalized spacial score (nSPS) is 25.1. The lowest BCUT2D eigenvalue weighted by Crippen LogP contribution is -2.33. The number of hydrogen-bond donors (Lipinski definition) is 2. The summed E-state index contributed by atoms with van der Waals surface area (Å²) in [6, 6.07) is 0. The van der Waals surface area contributed by atoms with Gasteiger partial charge in [0, 0.05) is 18.9 Å². The van der Waals surface area contributed by atoms with Crippen molar-refractivity contribution in [1.82, 2.24) is 5.32 Å². The smallest absolute Gasteiger partial charge is 0.303 e. The van der Waals surface area contributed by atoms with Crippen LogP contribution in [0.4, 0.5) is 0 Å². The van der Waals surface area contributed by atoms with E-state index in [-0.39, 0.29) is 18.2 Å². The molecule has 0 saturated heterocycles. The van der Waals surface area contributed by atoms with Gasteiger partial charge >= 0.3 is 5.97 Å². The van der Waals surface area contributed by atoms with E-state index in [1.54, 1.807) is 0 Å². The maximum Gasteiger partial charge on any atom is 0.303 e. The second kappa shape index (κ2) is 6.51. The first-order valence-electron chi connectivity index (χ1n) is 6.09. The summed E-state index contributed by atoms with van der Waals surface area (Å²) in [5.74, 6) is 0.204. The van der Waals surface area contributed by atoms with Crippen LogP contribution in [0.2, 0.25) is 0 Å². The van der Waals surface area contributed by atoms with E-state index in [1.807, 2.05) is 0 Å². The average molecular weight is 227 g/mol. The Morgan fingerprint density at radius 2 is 1.88 bits per heavy atom. The summed E-state index contributed by atoms with van der Waals surface area (Å²) in [5.41, 5.74) is 0. The highest BCUT2D eigenvalue weighted by Gasteiger charge is 2.23. The van der Waals surface area contributed by atoms with Gasteiger partial charge in [0.05, 0.1) is 0 Å². The fourth-order valence-electron chi connectivity index (χ4n) is 2.12. The van der Waals surface area contributed by atoms with Crippen molar-refractivity contribution in [1.29, 1.82) is 0 Å². The molecule has 0 bridgehead atoms. The third-order valence-corrected chi connectivity index (χ3v) is 3.25. The van der Waals surface area contributed by atoms with E-state index in [4.69, 9.17) is 5.11 Å². The van der Waals surface area contributed by atoms with Crippen molar-refractivity contribution in [2.75, 3.05) is 6.54 Å². The van der Waals surface area contributed by atoms with Crippen LogP contribution in [0.3, 0.4) is 0 Å². The number of amides is 1. The summed E-state index contributed by atoms with van der Waals surface area (Å²) in [7, 11) is 0. The molecule has 16 heavy (non-hydrogen) atoms. The summed E-state index contributed by atoms with van der Waals surface area (Å²) in [6.07, 6.45) is 4.87. The van der Waals surface area contributed by atoms with Crippen molar-refractivity contribution in [2.24, 2.45) is 11.8 Å². The van der Waals surface area contributed by atoms with E-state index in [9.17, 15) is 9.59 Å². The molecule has 1 aliphatic carbocycles. The minimum atomic E-state index is -0.805. The van der Waals surface area contributed by atoms with Crippen molar-refractivity contribution < 1.29 is 14.7 Å². The van der Waals surface area contributed by atoms with Gasteiger partial charge in [-0.25, -0.2) is 0 Å². The van der Waals surface area contributed by atoms with Crippen LogP contribution in [-0.2, 0) is 9.59 Å². The first kappa shape index (κ1) is 13.0. The van der Waals surface area contributed by atoms with Gasteiger partial charge in [-0.05, 0) is 38.0 Å². The number of hydrogen-bond acceptors (Lipinski definition) is 2. The molecule has 0 aromatic carbocycles. The first-order chi connectivity index (χ1) is 7.59. The predicted molar refractivity (Wildman–Crippen MR) is 61.0 cm³/mol. The Labute approximate surface area is 96.4 Å². The van der Waals surface area contributed by atoms with Gasteiger partial charge in [-0.15, -0.1) is 0 Å². The van der Waals surface area contributed by atoms with E-state index in [1.165, 1.54) is 0 Å². The Bertz CT molecular complexity index is 245. The second-order valence-electron chi connectivity index (χ2n) is 4.75. The van der Waals surface area contributed by atoms with Gasteiger partial charge in [0.25, 0.3) is 0 Å². The third kappa shape index (κ3) is 4.64. The zero-order valence-electron chi connectivity index (χ0n) is 9.87. The maximum absolute atomic E-state index is 11.7. The zero-order valence-corrected chi connectivity index (χ0v) is 9.87. The number of nitrogens with one attached hydrogen (secondary N) is 1. The minimum absolute atomic E-state index is 0.109. The fraction of sp³-hybridized carbons (Fsp3) is 0.833. The van der Waals surface area contributed by atoms with Gasteiger partial charge in [-0.2, -0.15) is 0 Å². The summed E-state index contributed by atoms with van der Waals surface area (Å²) in [4.78, 5) is 22.0. The molecular weight excluding hydrogens is 206 g/mol. The standard InChI is InChI=1S/C12H21NO3/c1-9-4-6-10(7-5-9)12(16)13-8-2-3-11(14)15/h9-10H,2-8H2,1H3,(H,13,16)(H,14,15). The van der Waals surface area contributed by atoms with Crippen LogP contribution in [-0.4, -0.2) is 23.5 Å². The molecule has 0 aromatic heterocycles. The molecule has 1 rings (SSSR count). The molecule has 0 radical (unpaired) electrons. The number of carboxylic acids is 1. The molecule has 4 heteroatoms. The van der Waals surface area contributed by atoms with Gasteiger partial charge < -0.3 is 10.4 Å². The topological polar surface area (TPSA) is 66.4 Å². The highest BCUT2D eigenvalue weighted by Crippen LogP contribution is 2.28. The lowest BCUT2D eigenvalue weighted by atomic mass is 9.82. The van der Waals surface area contributed by atoms with Crippen molar-refractivity contribution in [2.45, 2.75) is 45.4 Å². The largest absolute Gasteiger partial charge is 0.481 e. The third-order valence-electron chi connectivity index (χ3n) is 3.25. The highest BCUT2D eigenvalue weighted by atomic mass is 16.4. The Morgan fingerprint density at radius 3 is 2.44 bits per heavy atom. The molecule has 1 amide bonds. The number of carbonyl (C=O) groups excluding carboxylic acids is 1. The molecule has 1 saturated carbocycles. The van der Waals surface area contributed by atoms with Gasteiger partial charge in [0.2, 0.25) is 5.91 Å². The van der Waals surface area contributed by atoms with Crippen molar-refractivity contribution in [3.8, 4) is 0 Å². The summed E-state index contributed by atoms with van der Waals surface area (Å²) >= 11 is 0. The molecule has 0 atom stereocenters. The van der Waals surface area contributed by atoms with Gasteiger partial charge in [0.1, 0.15) is 0 Å². The quantitative estimate of drug-likeness (QED) is 0.704. The van der Waals surface area contributed by atoms with Crippen molar-refractivity contribution >= 4 is 11.9 Å². The Morgan fingerprint density at radius 1 is 1.25 bits per heavy atom. The van der Waals surface area contributed by atoms with Crippen LogP contribution in [0.1, 0.15) is 45.4 Å². The van der Waals surface area contributed by atoms with Gasteiger partial charge in [0.15, 0.2) is 0 Å². The predicted octanol–water partition coefficient (Wildman–Crippen LogP) is 1.79. The Kier molecular flexibility index (Phi) is 5.29. The molecule has 0 spiro atoms.